The molecule has 0 aliphatic carbocycles. The van der Waals surface area contributed by atoms with E-state index in [4.69, 9.17) is 9.15 Å². The van der Waals surface area contributed by atoms with Crippen molar-refractivity contribution in [2.45, 2.75) is 32.7 Å². The predicted octanol–water partition coefficient (Wildman–Crippen LogP) is 3.00. The standard InChI is InChI=1S/C23H26N2O5/c1-3-29-21(26)10-9-18(13-17-11-12-24-22(17)27)25-23(28)19-14-20(30-15(19)2)16-7-5-4-6-8-16/h4-10,14,17-18H,3,11-13H2,1-2H3,(H,24,27)(H,25,28)/b10-9+/t17-,18+/m0/s1. The van der Waals surface area contributed by atoms with Gasteiger partial charge in [-0.2, -0.15) is 0 Å². The molecule has 0 bridgehead atoms. The van der Waals surface area contributed by atoms with E-state index in [9.17, 15) is 14.4 Å². The van der Waals surface area contributed by atoms with Crippen LogP contribution in [-0.2, 0) is 14.3 Å². The van der Waals surface area contributed by atoms with E-state index in [2.05, 4.69) is 10.6 Å². The fraction of sp³-hybridized carbons (Fsp3) is 0.348. The van der Waals surface area contributed by atoms with Crippen LogP contribution in [0.4, 0.5) is 0 Å². The third kappa shape index (κ3) is 5.37. The maximum atomic E-state index is 12.9. The van der Waals surface area contributed by atoms with Crippen LogP contribution in [0.2, 0.25) is 0 Å². The number of hydrogen-bond acceptors (Lipinski definition) is 5. The molecule has 7 heteroatoms. The van der Waals surface area contributed by atoms with Gasteiger partial charge in [-0.25, -0.2) is 4.79 Å². The lowest BCUT2D eigenvalue weighted by Gasteiger charge is -2.17. The van der Waals surface area contributed by atoms with E-state index in [1.807, 2.05) is 30.3 Å². The molecule has 3 rings (SSSR count). The fourth-order valence-electron chi connectivity index (χ4n) is 3.45. The molecule has 30 heavy (non-hydrogen) atoms. The molecule has 0 unspecified atom stereocenters. The van der Waals surface area contributed by atoms with Gasteiger partial charge in [-0.3, -0.25) is 9.59 Å². The van der Waals surface area contributed by atoms with Crippen LogP contribution in [0.3, 0.4) is 0 Å². The number of furan rings is 1. The lowest BCUT2D eigenvalue weighted by molar-refractivity contribution is -0.137. The van der Waals surface area contributed by atoms with Crippen molar-refractivity contribution in [2.24, 2.45) is 5.92 Å². The Labute approximate surface area is 175 Å². The minimum atomic E-state index is -0.495. The largest absolute Gasteiger partial charge is 0.463 e. The minimum absolute atomic E-state index is 0.0374. The Balaban J connectivity index is 1.75. The molecule has 1 aliphatic heterocycles. The van der Waals surface area contributed by atoms with E-state index < -0.39 is 12.0 Å². The molecule has 7 nitrogen and oxygen atoms in total. The SMILES string of the molecule is CCOC(=O)/C=C/[C@H](C[C@@H]1CCNC1=O)NC(=O)c1cc(-c2ccccc2)oc1C. The van der Waals surface area contributed by atoms with Crippen LogP contribution in [0.5, 0.6) is 0 Å². The quantitative estimate of drug-likeness (QED) is 0.515. The molecule has 158 valence electrons. The van der Waals surface area contributed by atoms with Crippen molar-refractivity contribution >= 4 is 17.8 Å². The van der Waals surface area contributed by atoms with Gasteiger partial charge in [0.25, 0.3) is 5.91 Å². The van der Waals surface area contributed by atoms with E-state index in [0.29, 0.717) is 36.5 Å². The third-order valence-corrected chi connectivity index (χ3v) is 4.99. The number of nitrogens with one attached hydrogen (secondary N) is 2. The maximum absolute atomic E-state index is 12.9. The Kier molecular flexibility index (Phi) is 7.06. The molecular weight excluding hydrogens is 384 g/mol. The number of carbonyl (C=O) groups is 3. The van der Waals surface area contributed by atoms with Gasteiger partial charge >= 0.3 is 5.97 Å². The topological polar surface area (TPSA) is 97.6 Å². The first-order valence-electron chi connectivity index (χ1n) is 10.1. The Morgan fingerprint density at radius 3 is 2.77 bits per heavy atom. The molecule has 0 spiro atoms. The van der Waals surface area contributed by atoms with Gasteiger partial charge in [0.1, 0.15) is 11.5 Å². The highest BCUT2D eigenvalue weighted by Crippen LogP contribution is 2.25. The second-order valence-electron chi connectivity index (χ2n) is 7.15. The van der Waals surface area contributed by atoms with Gasteiger partial charge in [-0.15, -0.1) is 0 Å². The van der Waals surface area contributed by atoms with Crippen LogP contribution in [0.25, 0.3) is 11.3 Å². The van der Waals surface area contributed by atoms with Crippen molar-refractivity contribution in [2.75, 3.05) is 13.2 Å². The summed E-state index contributed by atoms with van der Waals surface area (Å²) >= 11 is 0. The molecule has 2 aromatic rings. The number of rotatable bonds is 8. The van der Waals surface area contributed by atoms with Crippen molar-refractivity contribution < 1.29 is 23.5 Å². The monoisotopic (exact) mass is 410 g/mol. The number of hydrogen-bond donors (Lipinski definition) is 2. The molecule has 0 saturated carbocycles. The lowest BCUT2D eigenvalue weighted by atomic mass is 9.97. The van der Waals surface area contributed by atoms with E-state index in [1.54, 1.807) is 26.0 Å². The average Bonchev–Trinajstić information content (AvgIpc) is 3.32. The summed E-state index contributed by atoms with van der Waals surface area (Å²) in [6, 6.07) is 10.7. The molecule has 1 aromatic carbocycles. The van der Waals surface area contributed by atoms with Crippen LogP contribution >= 0.6 is 0 Å². The highest BCUT2D eigenvalue weighted by molar-refractivity contribution is 5.96. The van der Waals surface area contributed by atoms with Crippen LogP contribution in [0, 0.1) is 12.8 Å². The zero-order valence-corrected chi connectivity index (χ0v) is 17.1. The minimum Gasteiger partial charge on any atom is -0.463 e. The lowest BCUT2D eigenvalue weighted by Crippen LogP contribution is -2.36. The summed E-state index contributed by atoms with van der Waals surface area (Å²) in [4.78, 5) is 36.6. The van der Waals surface area contributed by atoms with E-state index in [1.165, 1.54) is 6.08 Å². The zero-order valence-electron chi connectivity index (χ0n) is 17.1. The molecule has 2 N–H and O–H groups in total. The van der Waals surface area contributed by atoms with Crippen LogP contribution in [-0.4, -0.2) is 37.0 Å². The van der Waals surface area contributed by atoms with Gasteiger partial charge in [-0.1, -0.05) is 36.4 Å². The van der Waals surface area contributed by atoms with Gasteiger partial charge < -0.3 is 19.8 Å². The second-order valence-corrected chi connectivity index (χ2v) is 7.15. The first kappa shape index (κ1) is 21.4. The third-order valence-electron chi connectivity index (χ3n) is 4.99. The molecule has 1 aromatic heterocycles. The number of ether oxygens (including phenoxy) is 1. The molecule has 2 amide bonds. The summed E-state index contributed by atoms with van der Waals surface area (Å²) in [6.07, 6.45) is 3.96. The van der Waals surface area contributed by atoms with Crippen molar-refractivity contribution in [1.29, 1.82) is 0 Å². The molecular formula is C23H26N2O5. The number of benzene rings is 1. The van der Waals surface area contributed by atoms with Gasteiger partial charge in [0.15, 0.2) is 0 Å². The van der Waals surface area contributed by atoms with Crippen molar-refractivity contribution in [3.05, 3.63) is 59.9 Å². The van der Waals surface area contributed by atoms with E-state index in [-0.39, 0.29) is 24.3 Å². The first-order valence-corrected chi connectivity index (χ1v) is 10.1. The number of carbonyl (C=O) groups excluding carboxylic acids is 3. The zero-order chi connectivity index (χ0) is 21.5. The van der Waals surface area contributed by atoms with E-state index >= 15 is 0 Å². The second kappa shape index (κ2) is 9.91. The number of esters is 1. The number of amides is 2. The first-order chi connectivity index (χ1) is 14.5. The highest BCUT2D eigenvalue weighted by Gasteiger charge is 2.28. The van der Waals surface area contributed by atoms with Gasteiger partial charge in [-0.05, 0) is 32.8 Å². The highest BCUT2D eigenvalue weighted by atomic mass is 16.5. The summed E-state index contributed by atoms with van der Waals surface area (Å²) in [5, 5.41) is 5.70. The normalized spacial score (nSPS) is 17.0. The molecule has 1 saturated heterocycles. The molecule has 2 atom stereocenters. The van der Waals surface area contributed by atoms with Crippen molar-refractivity contribution in [1.82, 2.24) is 10.6 Å². The molecule has 2 heterocycles. The smallest absolute Gasteiger partial charge is 0.330 e. The maximum Gasteiger partial charge on any atom is 0.330 e. The fourth-order valence-corrected chi connectivity index (χ4v) is 3.45. The van der Waals surface area contributed by atoms with Crippen LogP contribution in [0.1, 0.15) is 35.9 Å². The number of aryl methyl sites for hydroxylation is 1. The summed E-state index contributed by atoms with van der Waals surface area (Å²) in [6.45, 7) is 4.34. The Hall–Kier alpha value is -3.35. The van der Waals surface area contributed by atoms with Crippen molar-refractivity contribution in [3.8, 4) is 11.3 Å². The van der Waals surface area contributed by atoms with Gasteiger partial charge in [0.2, 0.25) is 5.91 Å². The van der Waals surface area contributed by atoms with Gasteiger partial charge in [0.05, 0.1) is 12.2 Å². The summed E-state index contributed by atoms with van der Waals surface area (Å²) in [5.41, 5.74) is 1.29. The van der Waals surface area contributed by atoms with Crippen LogP contribution < -0.4 is 10.6 Å². The summed E-state index contributed by atoms with van der Waals surface area (Å²) < 4.78 is 10.7. The molecule has 0 radical (unpaired) electrons. The summed E-state index contributed by atoms with van der Waals surface area (Å²) in [7, 11) is 0. The van der Waals surface area contributed by atoms with Crippen molar-refractivity contribution in [3.63, 3.8) is 0 Å². The molecule has 1 fully saturated rings. The average molecular weight is 410 g/mol. The van der Waals surface area contributed by atoms with Crippen LogP contribution in [0.15, 0.2) is 53.0 Å². The van der Waals surface area contributed by atoms with Gasteiger partial charge in [0, 0.05) is 30.1 Å². The van der Waals surface area contributed by atoms with E-state index in [0.717, 1.165) is 5.56 Å². The predicted molar refractivity (Wildman–Crippen MR) is 112 cm³/mol. The molecule has 1 aliphatic rings. The Bertz CT molecular complexity index is 932. The Morgan fingerprint density at radius 2 is 2.10 bits per heavy atom. The Morgan fingerprint density at radius 1 is 1.33 bits per heavy atom. The summed E-state index contributed by atoms with van der Waals surface area (Å²) in [5.74, 6) is 0.0380.